The Labute approximate surface area is 236 Å². The van der Waals surface area contributed by atoms with Gasteiger partial charge in [-0.15, -0.1) is 0 Å². The number of urea groups is 1. The Kier molecular flexibility index (Phi) is 10.3. The van der Waals surface area contributed by atoms with Crippen LogP contribution in [0.25, 0.3) is 0 Å². The van der Waals surface area contributed by atoms with Crippen LogP contribution in [0.1, 0.15) is 35.6 Å². The lowest BCUT2D eigenvalue weighted by Gasteiger charge is -2.35. The van der Waals surface area contributed by atoms with Crippen molar-refractivity contribution in [1.29, 1.82) is 0 Å². The average molecular weight is 542 g/mol. The molecule has 1 saturated heterocycles. The number of nitrogens with zero attached hydrogens (tertiary/aromatic N) is 3. The molecule has 1 fully saturated rings. The van der Waals surface area contributed by atoms with Crippen LogP contribution in [-0.2, 0) is 29.1 Å². The Balaban J connectivity index is 1.56. The van der Waals surface area contributed by atoms with Crippen LogP contribution < -0.4 is 10.6 Å². The minimum atomic E-state index is -0.703. The van der Waals surface area contributed by atoms with Crippen LogP contribution in [-0.4, -0.2) is 65.0 Å². The van der Waals surface area contributed by atoms with Crippen molar-refractivity contribution in [2.24, 2.45) is 0 Å². The number of aryl methyl sites for hydroxylation is 1. The molecule has 210 valence electrons. The fraction of sp³-hybridized carbons (Fsp3) is 0.344. The second-order valence-corrected chi connectivity index (χ2v) is 10.2. The van der Waals surface area contributed by atoms with Crippen LogP contribution in [0.5, 0.6) is 0 Å². The number of carbonyl (C=O) groups is 3. The molecule has 0 spiro atoms. The summed E-state index contributed by atoms with van der Waals surface area (Å²) in [6, 6.07) is 26.6. The second kappa shape index (κ2) is 14.3. The largest absolute Gasteiger partial charge is 0.343 e. The molecule has 8 nitrogen and oxygen atoms in total. The van der Waals surface area contributed by atoms with Gasteiger partial charge in [-0.3, -0.25) is 14.6 Å². The molecule has 1 aliphatic heterocycles. The summed E-state index contributed by atoms with van der Waals surface area (Å²) >= 11 is 0. The van der Waals surface area contributed by atoms with E-state index in [1.165, 1.54) is 0 Å². The summed E-state index contributed by atoms with van der Waals surface area (Å²) in [6.07, 6.45) is 1.12. The summed E-state index contributed by atoms with van der Waals surface area (Å²) in [5.74, 6) is -0.417. The highest BCUT2D eigenvalue weighted by Crippen LogP contribution is 2.14. The number of hydrazine groups is 1. The first kappa shape index (κ1) is 28.8. The zero-order valence-corrected chi connectivity index (χ0v) is 23.4. The third kappa shape index (κ3) is 8.16. The number of carbonyl (C=O) groups excluding carboxylic acids is 3. The number of rotatable bonds is 9. The highest BCUT2D eigenvalue weighted by Gasteiger charge is 2.32. The summed E-state index contributed by atoms with van der Waals surface area (Å²) in [5, 5.41) is 9.34. The summed E-state index contributed by atoms with van der Waals surface area (Å²) in [5.41, 5.74) is 4.11. The fourth-order valence-electron chi connectivity index (χ4n) is 4.94. The molecule has 0 aliphatic carbocycles. The second-order valence-electron chi connectivity index (χ2n) is 10.2. The number of benzene rings is 3. The molecule has 0 unspecified atom stereocenters. The van der Waals surface area contributed by atoms with Crippen molar-refractivity contribution in [1.82, 2.24) is 25.6 Å². The monoisotopic (exact) mass is 541 g/mol. The number of hydrogen-bond acceptors (Lipinski definition) is 4. The fourth-order valence-corrected chi connectivity index (χ4v) is 4.94. The zero-order valence-electron chi connectivity index (χ0n) is 23.4. The van der Waals surface area contributed by atoms with E-state index in [0.29, 0.717) is 39.1 Å². The molecule has 8 heteroatoms. The van der Waals surface area contributed by atoms with Crippen molar-refractivity contribution in [3.05, 3.63) is 107 Å². The van der Waals surface area contributed by atoms with Crippen molar-refractivity contribution >= 4 is 17.8 Å². The molecular formula is C32H39N5O3. The van der Waals surface area contributed by atoms with Gasteiger partial charge in [0.15, 0.2) is 0 Å². The van der Waals surface area contributed by atoms with Gasteiger partial charge >= 0.3 is 6.03 Å². The Bertz CT molecular complexity index is 1270. The molecule has 1 aliphatic rings. The molecule has 4 rings (SSSR count). The van der Waals surface area contributed by atoms with Crippen LogP contribution >= 0.6 is 0 Å². The highest BCUT2D eigenvalue weighted by molar-refractivity contribution is 5.89. The smallest absolute Gasteiger partial charge is 0.332 e. The first-order valence-corrected chi connectivity index (χ1v) is 13.9. The molecule has 0 saturated carbocycles. The standard InChI is InChI=1S/C32H39N5O3/c1-3-17-37(32(40)33-22-27-14-8-5-9-15-27)36-19-18-35(23-28-16-10-11-25(2)20-28)31(39)29(34-30(38)24-36)21-26-12-6-4-7-13-26/h4-16,20,29H,3,17-19,21-24H2,1-2H3,(H,33,40)(H,34,38)/t29-/m0/s1. The van der Waals surface area contributed by atoms with Gasteiger partial charge in [0, 0.05) is 39.1 Å². The van der Waals surface area contributed by atoms with E-state index in [4.69, 9.17) is 0 Å². The Morgan fingerprint density at radius 1 is 0.925 bits per heavy atom. The number of hydrogen-bond donors (Lipinski definition) is 2. The highest BCUT2D eigenvalue weighted by atomic mass is 16.2. The first-order chi connectivity index (χ1) is 19.4. The molecule has 1 atom stereocenters. The van der Waals surface area contributed by atoms with E-state index in [2.05, 4.69) is 16.7 Å². The van der Waals surface area contributed by atoms with Crippen LogP contribution in [0.4, 0.5) is 4.79 Å². The lowest BCUT2D eigenvalue weighted by atomic mass is 10.0. The minimum absolute atomic E-state index is 0.0182. The van der Waals surface area contributed by atoms with Gasteiger partial charge in [0.05, 0.1) is 6.54 Å². The summed E-state index contributed by atoms with van der Waals surface area (Å²) in [7, 11) is 0. The van der Waals surface area contributed by atoms with E-state index in [9.17, 15) is 14.4 Å². The van der Waals surface area contributed by atoms with Crippen LogP contribution in [0.15, 0.2) is 84.9 Å². The average Bonchev–Trinajstić information content (AvgIpc) is 3.01. The Morgan fingerprint density at radius 3 is 2.27 bits per heavy atom. The normalized spacial score (nSPS) is 16.4. The lowest BCUT2D eigenvalue weighted by Crippen LogP contribution is -2.55. The molecule has 2 N–H and O–H groups in total. The van der Waals surface area contributed by atoms with Gasteiger partial charge in [-0.2, -0.15) is 0 Å². The Morgan fingerprint density at radius 2 is 1.60 bits per heavy atom. The Hall–Kier alpha value is -4.17. The minimum Gasteiger partial charge on any atom is -0.343 e. The summed E-state index contributed by atoms with van der Waals surface area (Å²) < 4.78 is 0. The lowest BCUT2D eigenvalue weighted by molar-refractivity contribution is -0.136. The third-order valence-electron chi connectivity index (χ3n) is 6.94. The molecule has 3 aromatic carbocycles. The van der Waals surface area contributed by atoms with Gasteiger partial charge < -0.3 is 15.5 Å². The molecule has 1 heterocycles. The molecule has 0 radical (unpaired) electrons. The quantitative estimate of drug-likeness (QED) is 0.430. The van der Waals surface area contributed by atoms with Crippen LogP contribution in [0, 0.1) is 6.92 Å². The number of amides is 4. The van der Waals surface area contributed by atoms with E-state index in [-0.39, 0.29) is 24.4 Å². The maximum Gasteiger partial charge on any atom is 0.332 e. The molecule has 40 heavy (non-hydrogen) atoms. The van der Waals surface area contributed by atoms with Gasteiger partial charge in [0.25, 0.3) is 0 Å². The number of nitrogens with one attached hydrogen (secondary N) is 2. The van der Waals surface area contributed by atoms with Crippen molar-refractivity contribution in [2.75, 3.05) is 26.2 Å². The van der Waals surface area contributed by atoms with Gasteiger partial charge in [-0.05, 0) is 30.0 Å². The van der Waals surface area contributed by atoms with E-state index in [1.807, 2.05) is 92.7 Å². The van der Waals surface area contributed by atoms with E-state index in [1.54, 1.807) is 14.9 Å². The zero-order chi connectivity index (χ0) is 28.3. The third-order valence-corrected chi connectivity index (χ3v) is 6.94. The SMILES string of the molecule is CCCN(C(=O)NCc1ccccc1)N1CCN(Cc2cccc(C)c2)C(=O)[C@H](Cc2ccccc2)NC(=O)C1. The van der Waals surface area contributed by atoms with E-state index < -0.39 is 6.04 Å². The van der Waals surface area contributed by atoms with Crippen molar-refractivity contribution < 1.29 is 14.4 Å². The maximum absolute atomic E-state index is 13.9. The molecular weight excluding hydrogens is 502 g/mol. The molecule has 4 amide bonds. The van der Waals surface area contributed by atoms with Gasteiger partial charge in [-0.25, -0.2) is 9.80 Å². The first-order valence-electron chi connectivity index (χ1n) is 13.9. The van der Waals surface area contributed by atoms with Crippen molar-refractivity contribution in [3.63, 3.8) is 0 Å². The van der Waals surface area contributed by atoms with Gasteiger partial charge in [-0.1, -0.05) is 97.4 Å². The summed E-state index contributed by atoms with van der Waals surface area (Å²) in [4.78, 5) is 42.3. The summed E-state index contributed by atoms with van der Waals surface area (Å²) in [6.45, 7) is 5.99. The van der Waals surface area contributed by atoms with Crippen molar-refractivity contribution in [3.8, 4) is 0 Å². The van der Waals surface area contributed by atoms with Crippen LogP contribution in [0.2, 0.25) is 0 Å². The molecule has 3 aromatic rings. The molecule has 0 bridgehead atoms. The van der Waals surface area contributed by atoms with Gasteiger partial charge in [0.2, 0.25) is 11.8 Å². The van der Waals surface area contributed by atoms with Gasteiger partial charge in [0.1, 0.15) is 6.04 Å². The van der Waals surface area contributed by atoms with E-state index >= 15 is 0 Å². The predicted molar refractivity (Wildman–Crippen MR) is 156 cm³/mol. The topological polar surface area (TPSA) is 85.0 Å². The maximum atomic E-state index is 13.9. The predicted octanol–water partition coefficient (Wildman–Crippen LogP) is 3.90. The molecule has 0 aromatic heterocycles. The van der Waals surface area contributed by atoms with Crippen LogP contribution in [0.3, 0.4) is 0 Å². The van der Waals surface area contributed by atoms with E-state index in [0.717, 1.165) is 28.7 Å². The van der Waals surface area contributed by atoms with Crippen molar-refractivity contribution in [2.45, 2.75) is 45.8 Å².